The number of nitrogens with zero attached hydrogens (tertiary/aromatic N) is 7. The smallest absolute Gasteiger partial charge is 0.229 e. The maximum atomic E-state index is 12.6. The zero-order valence-corrected chi connectivity index (χ0v) is 15.9. The van der Waals surface area contributed by atoms with Crippen LogP contribution in [-0.4, -0.2) is 48.9 Å². The van der Waals surface area contributed by atoms with Crippen LogP contribution in [0.25, 0.3) is 5.82 Å². The predicted molar refractivity (Wildman–Crippen MR) is 104 cm³/mol. The molecule has 3 aromatic heterocycles. The van der Waals surface area contributed by atoms with E-state index in [1.54, 1.807) is 10.9 Å². The Morgan fingerprint density at radius 1 is 1.07 bits per heavy atom. The van der Waals surface area contributed by atoms with Gasteiger partial charge in [-0.25, -0.2) is 14.6 Å². The largest absolute Gasteiger partial charge is 0.355 e. The molecule has 0 aliphatic carbocycles. The van der Waals surface area contributed by atoms with Gasteiger partial charge in [-0.15, -0.1) is 10.2 Å². The summed E-state index contributed by atoms with van der Waals surface area (Å²) in [5, 5.41) is 15.5. The van der Waals surface area contributed by atoms with Crippen LogP contribution < -0.4 is 10.2 Å². The monoisotopic (exact) mass is 378 g/mol. The van der Waals surface area contributed by atoms with Gasteiger partial charge in [0.1, 0.15) is 0 Å². The standard InChI is InChI=1S/C19H22N8O/c1-13-12-14(2)22-19(21-13)23-18(28)15-6-10-26(11-7-15)16-4-5-17(25-24-16)27-9-3-8-20-27/h3-5,8-9,12,15H,6-7,10-11H2,1-2H3,(H,21,22,23,28). The molecule has 3 aromatic rings. The number of carbonyl (C=O) groups excluding carboxylic acids is 1. The number of piperidine rings is 1. The van der Waals surface area contributed by atoms with Crippen LogP contribution >= 0.6 is 0 Å². The van der Waals surface area contributed by atoms with Crippen LogP contribution in [0.3, 0.4) is 0 Å². The van der Waals surface area contributed by atoms with E-state index in [0.717, 1.165) is 43.1 Å². The summed E-state index contributed by atoms with van der Waals surface area (Å²) in [6, 6.07) is 7.56. The molecular formula is C19H22N8O. The Kier molecular flexibility index (Phi) is 4.96. The van der Waals surface area contributed by atoms with Crippen molar-refractivity contribution in [3.05, 3.63) is 48.0 Å². The van der Waals surface area contributed by atoms with Crippen LogP contribution in [-0.2, 0) is 4.79 Å². The minimum Gasteiger partial charge on any atom is -0.355 e. The maximum Gasteiger partial charge on any atom is 0.229 e. The van der Waals surface area contributed by atoms with Gasteiger partial charge < -0.3 is 4.90 Å². The number of nitrogens with one attached hydrogen (secondary N) is 1. The molecule has 0 unspecified atom stereocenters. The Balaban J connectivity index is 1.34. The first-order valence-corrected chi connectivity index (χ1v) is 9.30. The second-order valence-electron chi connectivity index (χ2n) is 6.93. The number of hydrogen-bond acceptors (Lipinski definition) is 7. The Morgan fingerprint density at radius 2 is 1.75 bits per heavy atom. The van der Waals surface area contributed by atoms with Crippen LogP contribution in [0.5, 0.6) is 0 Å². The second kappa shape index (κ2) is 7.71. The fourth-order valence-electron chi connectivity index (χ4n) is 3.38. The summed E-state index contributed by atoms with van der Waals surface area (Å²) < 4.78 is 1.67. The predicted octanol–water partition coefficient (Wildman–Crippen LogP) is 1.92. The number of aromatic nitrogens is 6. The molecular weight excluding hydrogens is 356 g/mol. The number of aryl methyl sites for hydroxylation is 2. The van der Waals surface area contributed by atoms with Gasteiger partial charge in [-0.2, -0.15) is 5.10 Å². The van der Waals surface area contributed by atoms with E-state index >= 15 is 0 Å². The molecule has 0 radical (unpaired) electrons. The number of amides is 1. The van der Waals surface area contributed by atoms with Crippen LogP contribution in [0, 0.1) is 19.8 Å². The van der Waals surface area contributed by atoms with Gasteiger partial charge in [0.25, 0.3) is 0 Å². The van der Waals surface area contributed by atoms with Crippen molar-refractivity contribution in [2.45, 2.75) is 26.7 Å². The van der Waals surface area contributed by atoms with E-state index < -0.39 is 0 Å². The van der Waals surface area contributed by atoms with E-state index in [0.29, 0.717) is 11.8 Å². The lowest BCUT2D eigenvalue weighted by molar-refractivity contribution is -0.120. The van der Waals surface area contributed by atoms with Crippen molar-refractivity contribution >= 4 is 17.7 Å². The zero-order valence-electron chi connectivity index (χ0n) is 15.9. The van der Waals surface area contributed by atoms with Crippen LogP contribution in [0.2, 0.25) is 0 Å². The molecule has 1 saturated heterocycles. The highest BCUT2D eigenvalue weighted by Gasteiger charge is 2.26. The molecule has 4 heterocycles. The molecule has 0 bridgehead atoms. The Hall–Kier alpha value is -3.36. The summed E-state index contributed by atoms with van der Waals surface area (Å²) in [6.07, 6.45) is 5.03. The van der Waals surface area contributed by atoms with Crippen molar-refractivity contribution < 1.29 is 4.79 Å². The third-order valence-electron chi connectivity index (χ3n) is 4.78. The van der Waals surface area contributed by atoms with Crippen LogP contribution in [0.15, 0.2) is 36.7 Å². The second-order valence-corrected chi connectivity index (χ2v) is 6.93. The van der Waals surface area contributed by atoms with E-state index in [1.807, 2.05) is 44.3 Å². The highest BCUT2D eigenvalue weighted by Crippen LogP contribution is 2.23. The third kappa shape index (κ3) is 3.98. The van der Waals surface area contributed by atoms with E-state index in [1.165, 1.54) is 0 Å². The number of hydrogen-bond donors (Lipinski definition) is 1. The van der Waals surface area contributed by atoms with Gasteiger partial charge in [-0.1, -0.05) is 0 Å². The van der Waals surface area contributed by atoms with Gasteiger partial charge in [0.15, 0.2) is 11.6 Å². The van der Waals surface area contributed by atoms with Crippen molar-refractivity contribution in [3.63, 3.8) is 0 Å². The Labute approximate surface area is 162 Å². The van der Waals surface area contributed by atoms with Gasteiger partial charge >= 0.3 is 0 Å². The van der Waals surface area contributed by atoms with Gasteiger partial charge in [0.05, 0.1) is 0 Å². The highest BCUT2D eigenvalue weighted by molar-refractivity contribution is 5.91. The lowest BCUT2D eigenvalue weighted by Gasteiger charge is -2.31. The molecule has 0 saturated carbocycles. The van der Waals surface area contributed by atoms with Crippen molar-refractivity contribution in [3.8, 4) is 5.82 Å². The topological polar surface area (TPSA) is 102 Å². The SMILES string of the molecule is Cc1cc(C)nc(NC(=O)C2CCN(c3ccc(-n4cccn4)nn3)CC2)n1. The molecule has 1 amide bonds. The molecule has 1 N–H and O–H groups in total. The zero-order chi connectivity index (χ0) is 19.5. The first-order chi connectivity index (χ1) is 13.6. The summed E-state index contributed by atoms with van der Waals surface area (Å²) in [6.45, 7) is 5.28. The van der Waals surface area contributed by atoms with Crippen molar-refractivity contribution in [2.75, 3.05) is 23.3 Å². The Bertz CT molecular complexity index is 926. The molecule has 0 atom stereocenters. The summed E-state index contributed by atoms with van der Waals surface area (Å²) in [5.74, 6) is 1.79. The molecule has 0 spiro atoms. The summed E-state index contributed by atoms with van der Waals surface area (Å²) in [4.78, 5) is 23.3. The molecule has 1 fully saturated rings. The average molecular weight is 378 g/mol. The van der Waals surface area contributed by atoms with Gasteiger partial charge in [-0.3, -0.25) is 10.1 Å². The van der Waals surface area contributed by atoms with Crippen LogP contribution in [0.1, 0.15) is 24.2 Å². The van der Waals surface area contributed by atoms with Crippen molar-refractivity contribution in [1.29, 1.82) is 0 Å². The number of rotatable bonds is 4. The summed E-state index contributed by atoms with van der Waals surface area (Å²) in [7, 11) is 0. The molecule has 1 aliphatic rings. The first kappa shape index (κ1) is 18.0. The average Bonchev–Trinajstić information content (AvgIpc) is 3.22. The fraction of sp³-hybridized carbons (Fsp3) is 0.368. The molecule has 1 aliphatic heterocycles. The quantitative estimate of drug-likeness (QED) is 0.740. The molecule has 0 aromatic carbocycles. The third-order valence-corrected chi connectivity index (χ3v) is 4.78. The fourth-order valence-corrected chi connectivity index (χ4v) is 3.38. The first-order valence-electron chi connectivity index (χ1n) is 9.30. The molecule has 9 heteroatoms. The minimum atomic E-state index is -0.0584. The van der Waals surface area contributed by atoms with Crippen molar-refractivity contribution in [1.82, 2.24) is 29.9 Å². The van der Waals surface area contributed by atoms with Crippen LogP contribution in [0.4, 0.5) is 11.8 Å². The maximum absolute atomic E-state index is 12.6. The van der Waals surface area contributed by atoms with Gasteiger partial charge in [0.2, 0.25) is 11.9 Å². The summed E-state index contributed by atoms with van der Waals surface area (Å²) >= 11 is 0. The lowest BCUT2D eigenvalue weighted by atomic mass is 9.96. The number of anilines is 2. The van der Waals surface area contributed by atoms with E-state index in [2.05, 4.69) is 35.5 Å². The van der Waals surface area contributed by atoms with E-state index in [9.17, 15) is 4.79 Å². The van der Waals surface area contributed by atoms with E-state index in [-0.39, 0.29) is 11.8 Å². The molecule has 144 valence electrons. The molecule has 28 heavy (non-hydrogen) atoms. The minimum absolute atomic E-state index is 0.0234. The number of carbonyl (C=O) groups is 1. The van der Waals surface area contributed by atoms with Gasteiger partial charge in [0, 0.05) is 42.8 Å². The van der Waals surface area contributed by atoms with E-state index in [4.69, 9.17) is 0 Å². The highest BCUT2D eigenvalue weighted by atomic mass is 16.2. The Morgan fingerprint density at radius 3 is 2.36 bits per heavy atom. The molecule has 4 rings (SSSR count). The summed E-state index contributed by atoms with van der Waals surface area (Å²) in [5.41, 5.74) is 1.68. The molecule has 9 nitrogen and oxygen atoms in total. The normalized spacial score (nSPS) is 14.9. The lowest BCUT2D eigenvalue weighted by Crippen LogP contribution is -2.38. The van der Waals surface area contributed by atoms with Gasteiger partial charge in [-0.05, 0) is 51.0 Å². The van der Waals surface area contributed by atoms with Crippen molar-refractivity contribution in [2.24, 2.45) is 5.92 Å².